The van der Waals surface area contributed by atoms with Crippen LogP contribution in [0, 0.1) is 0 Å². The van der Waals surface area contributed by atoms with Gasteiger partial charge in [-0.05, 0) is 69.5 Å². The lowest BCUT2D eigenvalue weighted by Gasteiger charge is -2.27. The number of aromatic nitrogens is 7. The standard InChI is InChI=1S/C28H31N9O/c1-2-12-37(13-3-1)28-25-22(8-9-30-28)32-27(33-25)26-24-23(34-35-26)7-6-21(31-24)19-16-20(18-29-17-19)38-15-14-36-10-4-5-11-36/h6-9,16-18H,1-5,10-15H2,(H,32,33)(H,34,35). The number of fused-ring (bicyclic) bond motifs is 2. The van der Waals surface area contributed by atoms with E-state index in [1.807, 2.05) is 36.7 Å². The first-order chi connectivity index (χ1) is 18.8. The average molecular weight is 510 g/mol. The zero-order valence-corrected chi connectivity index (χ0v) is 21.4. The second kappa shape index (κ2) is 10.0. The van der Waals surface area contributed by atoms with Gasteiger partial charge in [0.05, 0.1) is 22.9 Å². The summed E-state index contributed by atoms with van der Waals surface area (Å²) in [7, 11) is 0. The third-order valence-corrected chi connectivity index (χ3v) is 7.55. The first-order valence-corrected chi connectivity index (χ1v) is 13.6. The van der Waals surface area contributed by atoms with E-state index in [0.717, 1.165) is 64.5 Å². The molecule has 0 radical (unpaired) electrons. The molecule has 0 unspecified atom stereocenters. The van der Waals surface area contributed by atoms with Crippen molar-refractivity contribution in [2.24, 2.45) is 0 Å². The van der Waals surface area contributed by atoms with Gasteiger partial charge < -0.3 is 14.6 Å². The van der Waals surface area contributed by atoms with Gasteiger partial charge in [-0.25, -0.2) is 15.0 Å². The zero-order valence-electron chi connectivity index (χ0n) is 21.4. The second-order valence-corrected chi connectivity index (χ2v) is 10.1. The maximum atomic E-state index is 6.02. The quantitative estimate of drug-likeness (QED) is 0.332. The Labute approximate surface area is 220 Å². The van der Waals surface area contributed by atoms with Crippen LogP contribution in [0.4, 0.5) is 5.82 Å². The van der Waals surface area contributed by atoms with Crippen molar-refractivity contribution in [3.8, 4) is 28.5 Å². The van der Waals surface area contributed by atoms with Crippen LogP contribution >= 0.6 is 0 Å². The van der Waals surface area contributed by atoms with Crippen LogP contribution in [-0.2, 0) is 0 Å². The van der Waals surface area contributed by atoms with Gasteiger partial charge in [-0.3, -0.25) is 15.0 Å². The number of hydrogen-bond acceptors (Lipinski definition) is 8. The molecule has 0 atom stereocenters. The Morgan fingerprint density at radius 3 is 2.63 bits per heavy atom. The summed E-state index contributed by atoms with van der Waals surface area (Å²) >= 11 is 0. The zero-order chi connectivity index (χ0) is 25.3. The van der Waals surface area contributed by atoms with E-state index in [1.165, 1.54) is 45.2 Å². The first kappa shape index (κ1) is 23.1. The SMILES string of the molecule is c1cc2[nH]c(-c3n[nH]c4ccc(-c5cncc(OCCN6CCCC6)c5)nc34)nc2c(N2CCCCC2)n1. The summed E-state index contributed by atoms with van der Waals surface area (Å²) in [6.45, 7) is 5.96. The number of pyridine rings is 3. The van der Waals surface area contributed by atoms with Crippen molar-refractivity contribution in [1.29, 1.82) is 0 Å². The Kier molecular flexibility index (Phi) is 6.09. The Balaban J connectivity index is 1.18. The van der Waals surface area contributed by atoms with Gasteiger partial charge >= 0.3 is 0 Å². The molecule has 2 fully saturated rings. The molecule has 0 aromatic carbocycles. The number of nitrogens with zero attached hydrogens (tertiary/aromatic N) is 7. The second-order valence-electron chi connectivity index (χ2n) is 10.1. The molecule has 5 aromatic heterocycles. The number of hydrogen-bond donors (Lipinski definition) is 2. The molecule has 0 saturated carbocycles. The number of piperidine rings is 1. The third kappa shape index (κ3) is 4.45. The lowest BCUT2D eigenvalue weighted by molar-refractivity contribution is 0.237. The predicted octanol–water partition coefficient (Wildman–Crippen LogP) is 4.42. The molecule has 194 valence electrons. The fourth-order valence-electron chi connectivity index (χ4n) is 5.53. The fraction of sp³-hybridized carbons (Fsp3) is 0.393. The molecule has 0 amide bonds. The molecule has 5 aromatic rings. The van der Waals surface area contributed by atoms with E-state index in [-0.39, 0.29) is 0 Å². The average Bonchev–Trinajstić information content (AvgIpc) is 3.73. The smallest absolute Gasteiger partial charge is 0.161 e. The Morgan fingerprint density at radius 2 is 1.74 bits per heavy atom. The molecular formula is C28H31N9O. The number of ether oxygens (including phenoxy) is 1. The predicted molar refractivity (Wildman–Crippen MR) is 147 cm³/mol. The van der Waals surface area contributed by atoms with Crippen LogP contribution in [0.5, 0.6) is 5.75 Å². The molecule has 0 bridgehead atoms. The lowest BCUT2D eigenvalue weighted by Crippen LogP contribution is -2.30. The normalized spacial score (nSPS) is 16.6. The number of rotatable bonds is 7. The van der Waals surface area contributed by atoms with Gasteiger partial charge in [0.15, 0.2) is 17.3 Å². The molecule has 10 nitrogen and oxygen atoms in total. The van der Waals surface area contributed by atoms with Gasteiger partial charge in [-0.15, -0.1) is 0 Å². The van der Waals surface area contributed by atoms with Crippen LogP contribution in [0.15, 0.2) is 42.9 Å². The summed E-state index contributed by atoms with van der Waals surface area (Å²) in [6, 6.07) is 7.95. The molecule has 0 aliphatic carbocycles. The number of likely N-dealkylation sites (tertiary alicyclic amines) is 1. The maximum Gasteiger partial charge on any atom is 0.161 e. The van der Waals surface area contributed by atoms with Gasteiger partial charge in [0.2, 0.25) is 0 Å². The van der Waals surface area contributed by atoms with Crippen LogP contribution in [-0.4, -0.2) is 79.3 Å². The van der Waals surface area contributed by atoms with E-state index >= 15 is 0 Å². The highest BCUT2D eigenvalue weighted by molar-refractivity contribution is 5.94. The third-order valence-electron chi connectivity index (χ3n) is 7.55. The minimum absolute atomic E-state index is 0.657. The van der Waals surface area contributed by atoms with Crippen molar-refractivity contribution >= 4 is 27.9 Å². The largest absolute Gasteiger partial charge is 0.491 e. The first-order valence-electron chi connectivity index (χ1n) is 13.6. The summed E-state index contributed by atoms with van der Waals surface area (Å²) in [6.07, 6.45) is 11.6. The number of aromatic amines is 2. The molecule has 2 saturated heterocycles. The van der Waals surface area contributed by atoms with Crippen LogP contribution in [0.2, 0.25) is 0 Å². The van der Waals surface area contributed by atoms with E-state index in [1.54, 1.807) is 6.20 Å². The molecule has 7 rings (SSSR count). The van der Waals surface area contributed by atoms with E-state index < -0.39 is 0 Å². The van der Waals surface area contributed by atoms with Gasteiger partial charge in [0.25, 0.3) is 0 Å². The number of imidazole rings is 1. The van der Waals surface area contributed by atoms with Crippen molar-refractivity contribution in [2.45, 2.75) is 32.1 Å². The van der Waals surface area contributed by atoms with Gasteiger partial charge in [0.1, 0.15) is 23.4 Å². The van der Waals surface area contributed by atoms with Crippen LogP contribution in [0.25, 0.3) is 44.8 Å². The topological polar surface area (TPSA) is 112 Å². The van der Waals surface area contributed by atoms with E-state index in [0.29, 0.717) is 18.1 Å². The molecule has 2 aliphatic heterocycles. The van der Waals surface area contributed by atoms with Crippen molar-refractivity contribution in [1.82, 2.24) is 40.0 Å². The Morgan fingerprint density at radius 1 is 0.868 bits per heavy atom. The summed E-state index contributed by atoms with van der Waals surface area (Å²) in [5.41, 5.74) is 5.83. The van der Waals surface area contributed by atoms with Crippen molar-refractivity contribution in [2.75, 3.05) is 44.2 Å². The number of nitrogens with one attached hydrogen (secondary N) is 2. The van der Waals surface area contributed by atoms with E-state index in [9.17, 15) is 0 Å². The van der Waals surface area contributed by atoms with Crippen LogP contribution in [0.1, 0.15) is 32.1 Å². The van der Waals surface area contributed by atoms with Crippen molar-refractivity contribution in [3.05, 3.63) is 42.9 Å². The van der Waals surface area contributed by atoms with Crippen molar-refractivity contribution in [3.63, 3.8) is 0 Å². The molecule has 2 N–H and O–H groups in total. The summed E-state index contributed by atoms with van der Waals surface area (Å²) < 4.78 is 6.02. The summed E-state index contributed by atoms with van der Waals surface area (Å²) in [4.78, 5) is 27.2. The summed E-state index contributed by atoms with van der Waals surface area (Å²) in [5.74, 6) is 2.37. The lowest BCUT2D eigenvalue weighted by atomic mass is 10.1. The molecule has 0 spiro atoms. The van der Waals surface area contributed by atoms with Gasteiger partial charge in [-0.2, -0.15) is 5.10 Å². The van der Waals surface area contributed by atoms with Crippen LogP contribution in [0.3, 0.4) is 0 Å². The highest BCUT2D eigenvalue weighted by atomic mass is 16.5. The molecule has 2 aliphatic rings. The highest BCUT2D eigenvalue weighted by Crippen LogP contribution is 2.31. The van der Waals surface area contributed by atoms with Crippen LogP contribution < -0.4 is 9.64 Å². The monoisotopic (exact) mass is 509 g/mol. The van der Waals surface area contributed by atoms with E-state index in [2.05, 4.69) is 34.9 Å². The van der Waals surface area contributed by atoms with Gasteiger partial charge in [0, 0.05) is 37.6 Å². The molecule has 10 heteroatoms. The Hall–Kier alpha value is -4.05. The fourth-order valence-corrected chi connectivity index (χ4v) is 5.53. The minimum atomic E-state index is 0.657. The number of H-pyrrole nitrogens is 2. The maximum absolute atomic E-state index is 6.02. The number of anilines is 1. The minimum Gasteiger partial charge on any atom is -0.491 e. The molecule has 7 heterocycles. The molecule has 38 heavy (non-hydrogen) atoms. The van der Waals surface area contributed by atoms with E-state index in [4.69, 9.17) is 14.7 Å². The summed E-state index contributed by atoms with van der Waals surface area (Å²) in [5, 5.41) is 7.68. The Bertz CT molecular complexity index is 1560. The van der Waals surface area contributed by atoms with Crippen molar-refractivity contribution < 1.29 is 4.74 Å². The van der Waals surface area contributed by atoms with Gasteiger partial charge in [-0.1, -0.05) is 0 Å². The molecular weight excluding hydrogens is 478 g/mol. The highest BCUT2D eigenvalue weighted by Gasteiger charge is 2.20.